The average Bonchev–Trinajstić information content (AvgIpc) is 3.25. The van der Waals surface area contributed by atoms with Gasteiger partial charge in [0.05, 0.1) is 18.1 Å². The van der Waals surface area contributed by atoms with Gasteiger partial charge in [-0.3, -0.25) is 14.7 Å². The van der Waals surface area contributed by atoms with Gasteiger partial charge in [0.25, 0.3) is 5.91 Å². The lowest BCUT2D eigenvalue weighted by Gasteiger charge is -2.38. The molecule has 0 radical (unpaired) electrons. The van der Waals surface area contributed by atoms with E-state index in [9.17, 15) is 9.59 Å². The Bertz CT molecular complexity index is 1280. The van der Waals surface area contributed by atoms with Crippen molar-refractivity contribution in [2.24, 2.45) is 7.05 Å². The van der Waals surface area contributed by atoms with Gasteiger partial charge in [0, 0.05) is 30.5 Å². The largest absolute Gasteiger partial charge is 0.382 e. The van der Waals surface area contributed by atoms with Crippen LogP contribution in [0.15, 0.2) is 24.8 Å². The quantitative estimate of drug-likeness (QED) is 0.397. The first-order chi connectivity index (χ1) is 16.0. The van der Waals surface area contributed by atoms with E-state index in [-0.39, 0.29) is 34.8 Å². The molecule has 0 aliphatic carbocycles. The molecule has 11 heteroatoms. The summed E-state index contributed by atoms with van der Waals surface area (Å²) >= 11 is 6.47. The maximum Gasteiger partial charge on any atom is 0.272 e. The fourth-order valence-electron chi connectivity index (χ4n) is 4.04. The zero-order valence-corrected chi connectivity index (χ0v) is 20.5. The Kier molecular flexibility index (Phi) is 6.03. The molecule has 1 fully saturated rings. The number of hydrogen-bond donors (Lipinski definition) is 4. The Morgan fingerprint density at radius 3 is 2.71 bits per heavy atom. The third-order valence-electron chi connectivity index (χ3n) is 6.01. The number of rotatable bonds is 6. The number of aromatic amines is 1. The third kappa shape index (κ3) is 4.33. The second-order valence-corrected chi connectivity index (χ2v) is 9.90. The van der Waals surface area contributed by atoms with Gasteiger partial charge < -0.3 is 25.8 Å². The van der Waals surface area contributed by atoms with Gasteiger partial charge in [0.15, 0.2) is 17.3 Å². The van der Waals surface area contributed by atoms with Gasteiger partial charge in [-0.25, -0.2) is 4.98 Å². The van der Waals surface area contributed by atoms with Crippen LogP contribution in [0.5, 0.6) is 0 Å². The van der Waals surface area contributed by atoms with Crippen molar-refractivity contribution in [3.8, 4) is 0 Å². The molecule has 2 amide bonds. The van der Waals surface area contributed by atoms with Gasteiger partial charge in [0.2, 0.25) is 5.91 Å². The summed E-state index contributed by atoms with van der Waals surface area (Å²) in [6.07, 6.45) is 1.26. The van der Waals surface area contributed by atoms with E-state index in [2.05, 4.69) is 53.2 Å². The van der Waals surface area contributed by atoms with E-state index in [1.807, 2.05) is 12.1 Å². The highest BCUT2D eigenvalue weighted by molar-refractivity contribution is 6.32. The normalized spacial score (nSPS) is 14.2. The number of carbonyl (C=O) groups excluding carboxylic acids is 2. The van der Waals surface area contributed by atoms with E-state index in [0.29, 0.717) is 36.3 Å². The Labute approximate surface area is 202 Å². The maximum atomic E-state index is 12.8. The molecule has 5 N–H and O–H groups in total. The molecule has 0 bridgehead atoms. The molecule has 10 nitrogen and oxygen atoms in total. The number of halogens is 1. The van der Waals surface area contributed by atoms with E-state index in [1.54, 1.807) is 16.5 Å². The van der Waals surface area contributed by atoms with E-state index in [4.69, 9.17) is 17.3 Å². The smallest absolute Gasteiger partial charge is 0.272 e. The Hall–Kier alpha value is -3.53. The van der Waals surface area contributed by atoms with Crippen LogP contribution in [0.1, 0.15) is 42.6 Å². The van der Waals surface area contributed by atoms with Crippen LogP contribution in [0.25, 0.3) is 10.9 Å². The summed E-state index contributed by atoms with van der Waals surface area (Å²) in [6, 6.07) is 3.78. The molecule has 1 saturated heterocycles. The summed E-state index contributed by atoms with van der Waals surface area (Å²) in [4.78, 5) is 30.3. The zero-order valence-electron chi connectivity index (χ0n) is 19.7. The lowest BCUT2D eigenvalue weighted by atomic mass is 9.86. The fraction of sp³-hybridized carbons (Fsp3) is 0.391. The van der Waals surface area contributed by atoms with Crippen molar-refractivity contribution in [3.63, 3.8) is 0 Å². The number of nitrogens with one attached hydrogen (secondary N) is 3. The second kappa shape index (κ2) is 8.68. The molecule has 4 rings (SSSR count). The summed E-state index contributed by atoms with van der Waals surface area (Å²) in [5, 5.41) is 15.1. The number of hydrogen-bond acceptors (Lipinski definition) is 6. The zero-order chi connectivity index (χ0) is 24.8. The molecule has 3 heterocycles. The summed E-state index contributed by atoms with van der Waals surface area (Å²) in [5.74, 6) is 0.904. The van der Waals surface area contributed by atoms with Gasteiger partial charge in [-0.05, 0) is 29.2 Å². The first kappa shape index (κ1) is 23.6. The molecule has 0 unspecified atom stereocenters. The van der Waals surface area contributed by atoms with Gasteiger partial charge in [0.1, 0.15) is 5.82 Å². The minimum Gasteiger partial charge on any atom is -0.382 e. The Morgan fingerprint density at radius 1 is 1.35 bits per heavy atom. The molecule has 1 aromatic carbocycles. The van der Waals surface area contributed by atoms with E-state index < -0.39 is 0 Å². The molecule has 0 spiro atoms. The predicted octanol–water partition coefficient (Wildman–Crippen LogP) is 2.57. The van der Waals surface area contributed by atoms with Crippen LogP contribution in [0.2, 0.25) is 5.02 Å². The molecule has 34 heavy (non-hydrogen) atoms. The number of amides is 2. The third-order valence-corrected chi connectivity index (χ3v) is 6.32. The number of likely N-dealkylation sites (tertiary alicyclic amines) is 1. The molecular weight excluding hydrogens is 456 g/mol. The molecule has 0 atom stereocenters. The molecule has 1 aliphatic heterocycles. The number of nitrogen functional groups attached to an aromatic ring is 1. The number of carbonyl (C=O) groups is 2. The standard InChI is InChI=1S/C23H29ClN8O2/c1-6-18(33)32-10-12(11-32)27-22(34)19-20(25)28-17(31(19)5)9-26-21-13-7-14(23(2,3)4)15(24)8-16(13)29-30-21/h6-8,12H,1,9-11,25H2,2-5H3,(H,27,34)(H2,26,29,30). The number of aromatic nitrogens is 4. The number of anilines is 2. The summed E-state index contributed by atoms with van der Waals surface area (Å²) in [6.45, 7) is 11.0. The lowest BCUT2D eigenvalue weighted by Crippen LogP contribution is -2.60. The van der Waals surface area contributed by atoms with Gasteiger partial charge in [-0.15, -0.1) is 0 Å². The first-order valence-electron chi connectivity index (χ1n) is 10.9. The van der Waals surface area contributed by atoms with Crippen LogP contribution in [0.3, 0.4) is 0 Å². The van der Waals surface area contributed by atoms with E-state index in [0.717, 1.165) is 16.5 Å². The highest BCUT2D eigenvalue weighted by Gasteiger charge is 2.32. The van der Waals surface area contributed by atoms with Gasteiger partial charge in [-0.1, -0.05) is 39.0 Å². The summed E-state index contributed by atoms with van der Waals surface area (Å²) in [5.41, 5.74) is 8.07. The minimum absolute atomic E-state index is 0.118. The van der Waals surface area contributed by atoms with Crippen LogP contribution >= 0.6 is 11.6 Å². The SMILES string of the molecule is C=CC(=O)N1CC(NC(=O)c2c(N)nc(CNc3n[nH]c4cc(Cl)c(C(C)(C)C)cc34)n2C)C1. The maximum absolute atomic E-state index is 12.8. The summed E-state index contributed by atoms with van der Waals surface area (Å²) in [7, 11) is 1.74. The predicted molar refractivity (Wildman–Crippen MR) is 133 cm³/mol. The van der Waals surface area contributed by atoms with Crippen LogP contribution in [-0.4, -0.2) is 55.6 Å². The monoisotopic (exact) mass is 484 g/mol. The highest BCUT2D eigenvalue weighted by atomic mass is 35.5. The van der Waals surface area contributed by atoms with Crippen molar-refractivity contribution in [3.05, 3.63) is 46.9 Å². The first-order valence-corrected chi connectivity index (χ1v) is 11.3. The topological polar surface area (TPSA) is 134 Å². The van der Waals surface area contributed by atoms with Crippen LogP contribution < -0.4 is 16.4 Å². The lowest BCUT2D eigenvalue weighted by molar-refractivity contribution is -0.130. The number of fused-ring (bicyclic) bond motifs is 1. The van der Waals surface area contributed by atoms with Crippen LogP contribution in [0, 0.1) is 0 Å². The van der Waals surface area contributed by atoms with E-state index >= 15 is 0 Å². The van der Waals surface area contributed by atoms with Crippen LogP contribution in [-0.2, 0) is 23.8 Å². The minimum atomic E-state index is -0.330. The van der Waals surface area contributed by atoms with Crippen molar-refractivity contribution >= 4 is 46.0 Å². The van der Waals surface area contributed by atoms with Crippen molar-refractivity contribution in [1.82, 2.24) is 30.0 Å². The number of nitrogens with two attached hydrogens (primary N) is 1. The van der Waals surface area contributed by atoms with Gasteiger partial charge in [-0.2, -0.15) is 5.10 Å². The number of benzene rings is 1. The fourth-order valence-corrected chi connectivity index (χ4v) is 4.48. The molecule has 0 saturated carbocycles. The number of nitrogens with zero attached hydrogens (tertiary/aromatic N) is 4. The molecule has 180 valence electrons. The number of imidazole rings is 1. The van der Waals surface area contributed by atoms with Crippen molar-refractivity contribution in [2.45, 2.75) is 38.8 Å². The van der Waals surface area contributed by atoms with Gasteiger partial charge >= 0.3 is 0 Å². The molecule has 3 aromatic rings. The average molecular weight is 485 g/mol. The van der Waals surface area contributed by atoms with Crippen molar-refractivity contribution in [2.75, 3.05) is 24.1 Å². The number of H-pyrrole nitrogens is 1. The molecular formula is C23H29ClN8O2. The Balaban J connectivity index is 1.47. The molecule has 1 aliphatic rings. The van der Waals surface area contributed by atoms with Crippen LogP contribution in [0.4, 0.5) is 11.6 Å². The Morgan fingerprint density at radius 2 is 2.06 bits per heavy atom. The molecule has 2 aromatic heterocycles. The van der Waals surface area contributed by atoms with Crippen molar-refractivity contribution < 1.29 is 9.59 Å². The van der Waals surface area contributed by atoms with E-state index in [1.165, 1.54) is 6.08 Å². The van der Waals surface area contributed by atoms with Crippen molar-refractivity contribution in [1.29, 1.82) is 0 Å². The summed E-state index contributed by atoms with van der Waals surface area (Å²) < 4.78 is 1.66. The second-order valence-electron chi connectivity index (χ2n) is 9.49. The highest BCUT2D eigenvalue weighted by Crippen LogP contribution is 2.34.